The summed E-state index contributed by atoms with van der Waals surface area (Å²) in [7, 11) is 0. The number of hydrogen-bond donors (Lipinski definition) is 4. The van der Waals surface area contributed by atoms with Crippen molar-refractivity contribution in [3.8, 4) is 5.75 Å². The van der Waals surface area contributed by atoms with Crippen LogP contribution in [0.15, 0.2) is 24.4 Å². The number of amides is 1. The molecule has 0 aliphatic heterocycles. The second kappa shape index (κ2) is 12.4. The Morgan fingerprint density at radius 1 is 1.21 bits per heavy atom. The van der Waals surface area contributed by atoms with Crippen LogP contribution in [0.5, 0.6) is 5.75 Å². The summed E-state index contributed by atoms with van der Waals surface area (Å²) < 4.78 is 0. The molecular weight excluding hydrogens is 450 g/mol. The standard InChI is InChI=1S/C19H26N2O4S2.Zn/c22-13-5-6-16-15(10-13)12(11-20-16)9-17(19(24)25)21-18(23)4-2-1-3-14(27)7-8-26;/h5-6,10-11,14,17,20,22,26-27H,1-4,7-9H2,(H,21,23)(H,24,25);/q;+2/p-2/t14?,17-;/m0./s1. The van der Waals surface area contributed by atoms with Crippen LogP contribution in [0.1, 0.15) is 37.7 Å². The molecule has 28 heavy (non-hydrogen) atoms. The number of fused-ring (bicyclic) bond motifs is 1. The molecule has 6 nitrogen and oxygen atoms in total. The number of unbranched alkanes of at least 4 members (excludes halogenated alkanes) is 1. The smallest absolute Gasteiger partial charge is 0.872 e. The summed E-state index contributed by atoms with van der Waals surface area (Å²) in [5.41, 5.74) is 1.40. The van der Waals surface area contributed by atoms with Gasteiger partial charge in [0.05, 0.1) is 12.0 Å². The van der Waals surface area contributed by atoms with Crippen molar-refractivity contribution in [2.75, 3.05) is 5.75 Å². The average molecular weight is 474 g/mol. The van der Waals surface area contributed by atoms with Gasteiger partial charge >= 0.3 is 19.5 Å². The van der Waals surface area contributed by atoms with Gasteiger partial charge in [-0.3, -0.25) is 4.79 Å². The zero-order valence-electron chi connectivity index (χ0n) is 15.6. The van der Waals surface area contributed by atoms with E-state index >= 15 is 0 Å². The van der Waals surface area contributed by atoms with Crippen molar-refractivity contribution < 1.29 is 39.3 Å². The summed E-state index contributed by atoms with van der Waals surface area (Å²) in [4.78, 5) is 26.5. The molecular formula is C19H24N2O4S2Zn. The maximum absolute atomic E-state index is 12.1. The second-order valence-electron chi connectivity index (χ2n) is 6.58. The number of H-pyrrole nitrogens is 1. The third-order valence-electron chi connectivity index (χ3n) is 4.44. The van der Waals surface area contributed by atoms with Gasteiger partial charge in [0.15, 0.2) is 0 Å². The first kappa shape index (κ1) is 24.9. The van der Waals surface area contributed by atoms with Crippen LogP contribution < -0.4 is 15.5 Å². The molecule has 0 radical (unpaired) electrons. The number of hydrogen-bond acceptors (Lipinski definition) is 6. The molecule has 1 aromatic heterocycles. The van der Waals surface area contributed by atoms with Crippen LogP contribution in [-0.4, -0.2) is 33.9 Å². The summed E-state index contributed by atoms with van der Waals surface area (Å²) in [6.07, 6.45) is 5.29. The van der Waals surface area contributed by atoms with E-state index < -0.39 is 12.0 Å². The van der Waals surface area contributed by atoms with E-state index in [9.17, 15) is 19.8 Å². The number of carbonyl (C=O) groups excluding carboxylic acids is 2. The molecule has 0 fully saturated rings. The molecule has 2 atom stereocenters. The number of aromatic amines is 1. The first-order valence-corrected chi connectivity index (χ1v) is 10.1. The molecule has 1 aromatic carbocycles. The molecule has 148 valence electrons. The molecule has 0 aliphatic carbocycles. The van der Waals surface area contributed by atoms with Crippen molar-refractivity contribution >= 4 is 48.0 Å². The molecule has 9 heteroatoms. The van der Waals surface area contributed by atoms with Crippen molar-refractivity contribution in [2.45, 2.75) is 49.8 Å². The SMILES string of the molecule is O=C(CCCCC(S)CCS)N[C@@H](Cc1c[nH]c2ccc([O-])cc12)C(=O)[O-].[Zn+2]. The van der Waals surface area contributed by atoms with Crippen LogP contribution in [0.2, 0.25) is 0 Å². The van der Waals surface area contributed by atoms with E-state index in [0.717, 1.165) is 30.5 Å². The van der Waals surface area contributed by atoms with Crippen molar-refractivity contribution in [3.05, 3.63) is 30.0 Å². The number of carbonyl (C=O) groups is 2. The Balaban J connectivity index is 0.00000392. The largest absolute Gasteiger partial charge is 2.00 e. The van der Waals surface area contributed by atoms with E-state index in [1.165, 1.54) is 12.1 Å². The topological polar surface area (TPSA) is 108 Å². The minimum Gasteiger partial charge on any atom is -0.872 e. The van der Waals surface area contributed by atoms with Crippen LogP contribution in [0.3, 0.4) is 0 Å². The Bertz CT molecular complexity index is 784. The molecule has 0 saturated heterocycles. The van der Waals surface area contributed by atoms with Crippen LogP contribution in [0.25, 0.3) is 10.9 Å². The van der Waals surface area contributed by atoms with Crippen LogP contribution in [0, 0.1) is 0 Å². The Morgan fingerprint density at radius 2 is 1.96 bits per heavy atom. The first-order chi connectivity index (χ1) is 12.9. The van der Waals surface area contributed by atoms with Crippen molar-refractivity contribution in [2.24, 2.45) is 0 Å². The number of aromatic nitrogens is 1. The minimum atomic E-state index is -1.35. The maximum Gasteiger partial charge on any atom is 2.00 e. The van der Waals surface area contributed by atoms with Crippen LogP contribution >= 0.6 is 25.3 Å². The minimum absolute atomic E-state index is 0. The Labute approximate surface area is 188 Å². The molecule has 1 unspecified atom stereocenters. The average Bonchev–Trinajstić information content (AvgIpc) is 3.00. The summed E-state index contributed by atoms with van der Waals surface area (Å²) in [6.45, 7) is 0. The monoisotopic (exact) mass is 472 g/mol. The molecule has 2 aromatic rings. The molecule has 0 spiro atoms. The number of aliphatic carboxylic acids is 1. The molecule has 0 bridgehead atoms. The van der Waals surface area contributed by atoms with E-state index in [-0.39, 0.29) is 49.2 Å². The van der Waals surface area contributed by atoms with Crippen molar-refractivity contribution in [1.82, 2.24) is 10.3 Å². The predicted molar refractivity (Wildman–Crippen MR) is 108 cm³/mol. The summed E-state index contributed by atoms with van der Waals surface area (Å²) in [5.74, 6) is -1.04. The number of carboxylic acids is 1. The Kier molecular flexibility index (Phi) is 11.0. The first-order valence-electron chi connectivity index (χ1n) is 8.97. The summed E-state index contributed by atoms with van der Waals surface area (Å²) >= 11 is 8.61. The molecule has 1 heterocycles. The number of thiol groups is 2. The predicted octanol–water partition coefficient (Wildman–Crippen LogP) is 1.19. The molecule has 0 aliphatic rings. The van der Waals surface area contributed by atoms with E-state index in [0.29, 0.717) is 17.4 Å². The third kappa shape index (κ3) is 7.68. The number of rotatable bonds is 11. The van der Waals surface area contributed by atoms with Gasteiger partial charge in [0.1, 0.15) is 0 Å². The van der Waals surface area contributed by atoms with Gasteiger partial charge in [-0.25, -0.2) is 0 Å². The van der Waals surface area contributed by atoms with E-state index in [2.05, 4.69) is 35.6 Å². The van der Waals surface area contributed by atoms with Gasteiger partial charge in [0.25, 0.3) is 0 Å². The molecule has 1 amide bonds. The fourth-order valence-corrected chi connectivity index (χ4v) is 3.79. The zero-order valence-corrected chi connectivity index (χ0v) is 20.4. The number of nitrogens with one attached hydrogen (secondary N) is 2. The van der Waals surface area contributed by atoms with Gasteiger partial charge in [-0.2, -0.15) is 25.3 Å². The molecule has 2 rings (SSSR count). The summed E-state index contributed by atoms with van der Waals surface area (Å²) in [5, 5.41) is 26.4. The maximum atomic E-state index is 12.1. The van der Waals surface area contributed by atoms with Crippen molar-refractivity contribution in [1.29, 1.82) is 0 Å². The number of benzene rings is 1. The normalized spacial score (nSPS) is 12.9. The van der Waals surface area contributed by atoms with Crippen molar-refractivity contribution in [3.63, 3.8) is 0 Å². The van der Waals surface area contributed by atoms with E-state index in [1.54, 1.807) is 12.3 Å². The molecule has 0 saturated carbocycles. The third-order valence-corrected chi connectivity index (χ3v) is 5.21. The fourth-order valence-electron chi connectivity index (χ4n) is 2.96. The summed E-state index contributed by atoms with van der Waals surface area (Å²) in [6, 6.07) is 3.39. The fraction of sp³-hybridized carbons (Fsp3) is 0.474. The van der Waals surface area contributed by atoms with Gasteiger partial charge in [0.2, 0.25) is 5.91 Å². The van der Waals surface area contributed by atoms with Gasteiger partial charge in [-0.1, -0.05) is 18.6 Å². The number of carboxylic acid groups (broad SMARTS) is 1. The van der Waals surface area contributed by atoms with Crippen LogP contribution in [0.4, 0.5) is 0 Å². The van der Waals surface area contributed by atoms with Gasteiger partial charge < -0.3 is 25.3 Å². The van der Waals surface area contributed by atoms with Crippen LogP contribution in [-0.2, 0) is 35.5 Å². The Morgan fingerprint density at radius 3 is 2.64 bits per heavy atom. The zero-order chi connectivity index (χ0) is 19.8. The van der Waals surface area contributed by atoms with E-state index in [4.69, 9.17) is 0 Å². The van der Waals surface area contributed by atoms with E-state index in [1.807, 2.05) is 0 Å². The van der Waals surface area contributed by atoms with Gasteiger partial charge in [-0.15, -0.1) is 5.75 Å². The molecule has 2 N–H and O–H groups in total. The van der Waals surface area contributed by atoms with Gasteiger partial charge in [0, 0.05) is 35.2 Å². The quantitative estimate of drug-likeness (QED) is 0.223. The second-order valence-corrected chi connectivity index (χ2v) is 7.75. The van der Waals surface area contributed by atoms with Gasteiger partial charge in [-0.05, 0) is 36.6 Å². The Hall–Kier alpha value is -1.18.